The molecule has 27 heavy (non-hydrogen) atoms. The van der Waals surface area contributed by atoms with Crippen molar-refractivity contribution in [2.75, 3.05) is 13.2 Å². The second kappa shape index (κ2) is 9.62. The summed E-state index contributed by atoms with van der Waals surface area (Å²) in [5.74, 6) is 1.70. The fraction of sp³-hybridized carbons (Fsp3) is 0.400. The predicted molar refractivity (Wildman–Crippen MR) is 105 cm³/mol. The van der Waals surface area contributed by atoms with Gasteiger partial charge in [0.05, 0.1) is 24.2 Å². The Morgan fingerprint density at radius 1 is 0.926 bits per heavy atom. The lowest BCUT2D eigenvalue weighted by atomic mass is 10.2. The molecule has 0 saturated heterocycles. The highest BCUT2D eigenvalue weighted by Crippen LogP contribution is 2.30. The van der Waals surface area contributed by atoms with Crippen LogP contribution in [0.1, 0.15) is 33.3 Å². The van der Waals surface area contributed by atoms with E-state index in [0.717, 1.165) is 11.3 Å². The molecule has 0 bridgehead atoms. The molecule has 2 rings (SSSR count). The summed E-state index contributed by atoms with van der Waals surface area (Å²) in [5.41, 5.74) is 0.839. The highest BCUT2D eigenvalue weighted by Gasteiger charge is 2.17. The average Bonchev–Trinajstić information content (AvgIpc) is 2.62. The van der Waals surface area contributed by atoms with Gasteiger partial charge >= 0.3 is 0 Å². The van der Waals surface area contributed by atoms with Crippen molar-refractivity contribution in [2.45, 2.75) is 45.2 Å². The first-order chi connectivity index (χ1) is 12.9. The molecular formula is C20H27NO5S. The van der Waals surface area contributed by atoms with E-state index in [1.54, 1.807) is 6.07 Å². The minimum atomic E-state index is -3.68. The highest BCUT2D eigenvalue weighted by atomic mass is 32.2. The summed E-state index contributed by atoms with van der Waals surface area (Å²) in [4.78, 5) is 0.133. The zero-order valence-electron chi connectivity index (χ0n) is 16.2. The van der Waals surface area contributed by atoms with Crippen LogP contribution < -0.4 is 18.9 Å². The predicted octanol–water partition coefficient (Wildman–Crippen LogP) is 3.75. The minimum Gasteiger partial charge on any atom is -0.491 e. The Hall–Kier alpha value is -2.25. The minimum absolute atomic E-state index is 0.0912. The van der Waals surface area contributed by atoms with E-state index >= 15 is 0 Å². The first-order valence-electron chi connectivity index (χ1n) is 9.00. The van der Waals surface area contributed by atoms with Crippen molar-refractivity contribution in [2.24, 2.45) is 0 Å². The Labute approximate surface area is 161 Å². The molecule has 7 heteroatoms. The molecule has 0 heterocycles. The molecule has 6 nitrogen and oxygen atoms in total. The lowest BCUT2D eigenvalue weighted by Crippen LogP contribution is -2.23. The van der Waals surface area contributed by atoms with E-state index in [2.05, 4.69) is 4.72 Å². The lowest BCUT2D eigenvalue weighted by molar-refractivity contribution is 0.242. The maximum Gasteiger partial charge on any atom is 0.241 e. The van der Waals surface area contributed by atoms with Crippen LogP contribution in [0.15, 0.2) is 47.4 Å². The van der Waals surface area contributed by atoms with Crippen LogP contribution in [-0.4, -0.2) is 27.7 Å². The number of hydrogen-bond acceptors (Lipinski definition) is 5. The summed E-state index contributed by atoms with van der Waals surface area (Å²) >= 11 is 0. The summed E-state index contributed by atoms with van der Waals surface area (Å²) in [5, 5.41) is 0. The van der Waals surface area contributed by atoms with Gasteiger partial charge < -0.3 is 14.2 Å². The summed E-state index contributed by atoms with van der Waals surface area (Å²) < 4.78 is 44.4. The Kier molecular flexibility index (Phi) is 7.50. The van der Waals surface area contributed by atoms with E-state index in [0.29, 0.717) is 24.7 Å². The Balaban J connectivity index is 2.10. The monoisotopic (exact) mass is 393 g/mol. The van der Waals surface area contributed by atoms with Gasteiger partial charge in [0.25, 0.3) is 0 Å². The Morgan fingerprint density at radius 3 is 2.15 bits per heavy atom. The first-order valence-corrected chi connectivity index (χ1v) is 10.5. The van der Waals surface area contributed by atoms with E-state index in [1.807, 2.05) is 52.0 Å². The van der Waals surface area contributed by atoms with Crippen LogP contribution in [0.3, 0.4) is 0 Å². The third-order valence-electron chi connectivity index (χ3n) is 3.59. The van der Waals surface area contributed by atoms with Gasteiger partial charge in [-0.25, -0.2) is 13.1 Å². The van der Waals surface area contributed by atoms with Gasteiger partial charge in [0.1, 0.15) is 5.75 Å². The third kappa shape index (κ3) is 6.15. The molecule has 0 radical (unpaired) electrons. The molecule has 0 aromatic heterocycles. The third-order valence-corrected chi connectivity index (χ3v) is 4.99. The number of hydrogen-bond donors (Lipinski definition) is 1. The van der Waals surface area contributed by atoms with Gasteiger partial charge in [-0.2, -0.15) is 0 Å². The number of benzene rings is 2. The van der Waals surface area contributed by atoms with Crippen molar-refractivity contribution in [1.82, 2.24) is 4.72 Å². The quantitative estimate of drug-likeness (QED) is 0.665. The summed E-state index contributed by atoms with van der Waals surface area (Å²) in [6, 6.07) is 11.9. The zero-order valence-corrected chi connectivity index (χ0v) is 17.0. The molecule has 0 atom stereocenters. The topological polar surface area (TPSA) is 73.9 Å². The van der Waals surface area contributed by atoms with Crippen LogP contribution in [-0.2, 0) is 16.6 Å². The second-order valence-electron chi connectivity index (χ2n) is 6.11. The molecule has 0 spiro atoms. The first kappa shape index (κ1) is 21.1. The van der Waals surface area contributed by atoms with Gasteiger partial charge in [0, 0.05) is 12.6 Å². The van der Waals surface area contributed by atoms with Gasteiger partial charge in [0.2, 0.25) is 10.0 Å². The smallest absolute Gasteiger partial charge is 0.241 e. The van der Waals surface area contributed by atoms with E-state index < -0.39 is 10.0 Å². The molecule has 0 saturated carbocycles. The normalized spacial score (nSPS) is 11.4. The number of sulfonamides is 1. The molecule has 2 aromatic rings. The highest BCUT2D eigenvalue weighted by molar-refractivity contribution is 7.89. The second-order valence-corrected chi connectivity index (χ2v) is 7.88. The van der Waals surface area contributed by atoms with E-state index in [-0.39, 0.29) is 17.5 Å². The fourth-order valence-corrected chi connectivity index (χ4v) is 3.45. The van der Waals surface area contributed by atoms with Crippen LogP contribution >= 0.6 is 0 Å². The Morgan fingerprint density at radius 2 is 1.56 bits per heavy atom. The summed E-state index contributed by atoms with van der Waals surface area (Å²) in [6.45, 7) is 8.68. The van der Waals surface area contributed by atoms with E-state index in [9.17, 15) is 8.42 Å². The van der Waals surface area contributed by atoms with Gasteiger partial charge in [-0.3, -0.25) is 0 Å². The van der Waals surface area contributed by atoms with Crippen molar-refractivity contribution in [3.05, 3.63) is 48.0 Å². The van der Waals surface area contributed by atoms with Crippen LogP contribution in [0.25, 0.3) is 0 Å². The molecular weight excluding hydrogens is 366 g/mol. The van der Waals surface area contributed by atoms with Crippen molar-refractivity contribution >= 4 is 10.0 Å². The molecule has 1 N–H and O–H groups in total. The molecule has 148 valence electrons. The van der Waals surface area contributed by atoms with Crippen LogP contribution in [0.2, 0.25) is 0 Å². The maximum absolute atomic E-state index is 12.6. The van der Waals surface area contributed by atoms with Gasteiger partial charge in [0.15, 0.2) is 11.5 Å². The number of nitrogens with one attached hydrogen (secondary N) is 1. The van der Waals surface area contributed by atoms with E-state index in [4.69, 9.17) is 14.2 Å². The van der Waals surface area contributed by atoms with Gasteiger partial charge in [-0.05, 0) is 57.5 Å². The van der Waals surface area contributed by atoms with Crippen LogP contribution in [0.4, 0.5) is 0 Å². The van der Waals surface area contributed by atoms with Crippen molar-refractivity contribution in [3.8, 4) is 17.2 Å². The SMILES string of the molecule is CCOc1ccc(S(=O)(=O)NCc2ccc(OC(C)C)cc2)cc1OCC. The van der Waals surface area contributed by atoms with Gasteiger partial charge in [-0.15, -0.1) is 0 Å². The fourth-order valence-electron chi connectivity index (χ4n) is 2.42. The van der Waals surface area contributed by atoms with Crippen molar-refractivity contribution in [1.29, 1.82) is 0 Å². The number of ether oxygens (including phenoxy) is 3. The van der Waals surface area contributed by atoms with Crippen molar-refractivity contribution in [3.63, 3.8) is 0 Å². The average molecular weight is 394 g/mol. The Bertz CT molecular complexity index is 832. The lowest BCUT2D eigenvalue weighted by Gasteiger charge is -2.13. The molecule has 0 aliphatic rings. The molecule has 2 aromatic carbocycles. The molecule has 0 aliphatic carbocycles. The van der Waals surface area contributed by atoms with Crippen LogP contribution in [0, 0.1) is 0 Å². The maximum atomic E-state index is 12.6. The van der Waals surface area contributed by atoms with Gasteiger partial charge in [-0.1, -0.05) is 12.1 Å². The van der Waals surface area contributed by atoms with E-state index in [1.165, 1.54) is 12.1 Å². The standard InChI is InChI=1S/C20H27NO5S/c1-5-24-19-12-11-18(13-20(19)25-6-2)27(22,23)21-14-16-7-9-17(10-8-16)26-15(3)4/h7-13,15,21H,5-6,14H2,1-4H3. The largest absolute Gasteiger partial charge is 0.491 e. The molecule has 0 unspecified atom stereocenters. The summed E-state index contributed by atoms with van der Waals surface area (Å²) in [7, 11) is -3.68. The molecule has 0 fully saturated rings. The zero-order chi connectivity index (χ0) is 19.9. The van der Waals surface area contributed by atoms with Crippen molar-refractivity contribution < 1.29 is 22.6 Å². The number of rotatable bonds is 10. The molecule has 0 aliphatic heterocycles. The molecule has 0 amide bonds. The van der Waals surface area contributed by atoms with Crippen LogP contribution in [0.5, 0.6) is 17.2 Å². The summed E-state index contributed by atoms with van der Waals surface area (Å²) in [6.07, 6.45) is 0.0912.